The number of amides is 1. The molecule has 0 saturated carbocycles. The summed E-state index contributed by atoms with van der Waals surface area (Å²) in [5, 5.41) is 12.2. The molecule has 0 bridgehead atoms. The van der Waals surface area contributed by atoms with E-state index >= 15 is 0 Å². The molecule has 9 heteroatoms. The molecule has 2 aromatic heterocycles. The molecule has 27 heavy (non-hydrogen) atoms. The van der Waals surface area contributed by atoms with Gasteiger partial charge in [-0.2, -0.15) is 0 Å². The fraction of sp³-hybridized carbons (Fsp3) is 0.222. The summed E-state index contributed by atoms with van der Waals surface area (Å²) < 4.78 is 6.92. The Morgan fingerprint density at radius 3 is 2.67 bits per heavy atom. The number of hydrogen-bond acceptors (Lipinski definition) is 6. The number of carbonyl (C=O) groups excluding carboxylic acids is 2. The van der Waals surface area contributed by atoms with Gasteiger partial charge in [-0.3, -0.25) is 9.59 Å². The van der Waals surface area contributed by atoms with E-state index in [4.69, 9.17) is 16.0 Å². The van der Waals surface area contributed by atoms with E-state index in [1.165, 1.54) is 18.0 Å². The van der Waals surface area contributed by atoms with Gasteiger partial charge >= 0.3 is 0 Å². The van der Waals surface area contributed by atoms with E-state index < -0.39 is 0 Å². The molecule has 0 fully saturated rings. The number of nitrogens with one attached hydrogen (secondary N) is 1. The predicted octanol–water partition coefficient (Wildman–Crippen LogP) is 3.45. The van der Waals surface area contributed by atoms with Crippen LogP contribution in [0.25, 0.3) is 0 Å². The fourth-order valence-corrected chi connectivity index (χ4v) is 3.42. The van der Waals surface area contributed by atoms with E-state index in [0.717, 1.165) is 0 Å². The van der Waals surface area contributed by atoms with Crippen molar-refractivity contribution in [3.63, 3.8) is 0 Å². The van der Waals surface area contributed by atoms with E-state index in [1.807, 2.05) is 11.5 Å². The Labute approximate surface area is 165 Å². The molecule has 3 rings (SSSR count). The van der Waals surface area contributed by atoms with Crippen LogP contribution in [0.15, 0.2) is 52.2 Å². The van der Waals surface area contributed by atoms with Crippen LogP contribution >= 0.6 is 23.4 Å². The van der Waals surface area contributed by atoms with Crippen LogP contribution in [0.4, 0.5) is 0 Å². The van der Waals surface area contributed by atoms with Gasteiger partial charge in [0.25, 0.3) is 5.91 Å². The molecule has 0 aliphatic rings. The number of aromatic nitrogens is 3. The summed E-state index contributed by atoms with van der Waals surface area (Å²) in [6, 6.07) is 10.0. The van der Waals surface area contributed by atoms with E-state index in [-0.39, 0.29) is 29.7 Å². The molecule has 1 amide bonds. The smallest absolute Gasteiger partial charge is 0.287 e. The number of nitrogens with zero attached hydrogens (tertiary/aromatic N) is 3. The number of hydrogen-bond donors (Lipinski definition) is 1. The van der Waals surface area contributed by atoms with Crippen LogP contribution in [-0.2, 0) is 13.1 Å². The Hall–Kier alpha value is -2.58. The third kappa shape index (κ3) is 4.78. The lowest BCUT2D eigenvalue weighted by Gasteiger charge is -2.07. The SMILES string of the molecule is CCn1c(CNC(=O)c2ccco2)nnc1SCC(=O)c1ccc(Cl)cc1. The van der Waals surface area contributed by atoms with Crippen molar-refractivity contribution < 1.29 is 14.0 Å². The quantitative estimate of drug-likeness (QED) is 0.457. The largest absolute Gasteiger partial charge is 0.459 e. The normalized spacial score (nSPS) is 10.7. The Morgan fingerprint density at radius 2 is 2.00 bits per heavy atom. The summed E-state index contributed by atoms with van der Waals surface area (Å²) in [7, 11) is 0. The first-order valence-corrected chi connectivity index (χ1v) is 9.60. The van der Waals surface area contributed by atoms with Crippen LogP contribution in [0.2, 0.25) is 5.02 Å². The van der Waals surface area contributed by atoms with Gasteiger partial charge in [0.15, 0.2) is 22.5 Å². The third-order valence-corrected chi connectivity index (χ3v) is 4.98. The molecule has 7 nitrogen and oxygen atoms in total. The van der Waals surface area contributed by atoms with Crippen molar-refractivity contribution in [2.75, 3.05) is 5.75 Å². The highest BCUT2D eigenvalue weighted by molar-refractivity contribution is 7.99. The molecule has 2 heterocycles. The highest BCUT2D eigenvalue weighted by Crippen LogP contribution is 2.19. The number of benzene rings is 1. The molecule has 140 valence electrons. The van der Waals surface area contributed by atoms with Crippen LogP contribution in [0.3, 0.4) is 0 Å². The number of thioether (sulfide) groups is 1. The fourth-order valence-electron chi connectivity index (χ4n) is 2.38. The maximum Gasteiger partial charge on any atom is 0.287 e. The summed E-state index contributed by atoms with van der Waals surface area (Å²) in [5.41, 5.74) is 0.598. The van der Waals surface area contributed by atoms with E-state index in [1.54, 1.807) is 36.4 Å². The molecule has 3 aromatic rings. The topological polar surface area (TPSA) is 90.0 Å². The average molecular weight is 405 g/mol. The monoisotopic (exact) mass is 404 g/mol. The molecule has 1 N–H and O–H groups in total. The molecule has 0 spiro atoms. The van der Waals surface area contributed by atoms with Gasteiger partial charge < -0.3 is 14.3 Å². The van der Waals surface area contributed by atoms with Crippen molar-refractivity contribution in [1.29, 1.82) is 0 Å². The number of furan rings is 1. The Morgan fingerprint density at radius 1 is 1.22 bits per heavy atom. The summed E-state index contributed by atoms with van der Waals surface area (Å²) in [6.45, 7) is 2.79. The zero-order valence-electron chi connectivity index (χ0n) is 14.5. The Balaban J connectivity index is 1.60. The highest BCUT2D eigenvalue weighted by Gasteiger charge is 2.15. The molecule has 0 atom stereocenters. The summed E-state index contributed by atoms with van der Waals surface area (Å²) in [4.78, 5) is 24.3. The standard InChI is InChI=1S/C18H17ClN4O3S/c1-2-23-16(10-20-17(25)15-4-3-9-26-15)21-22-18(23)27-11-14(24)12-5-7-13(19)8-6-12/h3-9H,2,10-11H2,1H3,(H,20,25). The lowest BCUT2D eigenvalue weighted by molar-refractivity contribution is 0.0921. The molecule has 1 aromatic carbocycles. The molecule has 0 aliphatic carbocycles. The van der Waals surface area contributed by atoms with E-state index in [2.05, 4.69) is 15.5 Å². The first-order valence-electron chi connectivity index (χ1n) is 8.23. The van der Waals surface area contributed by atoms with Crippen molar-refractivity contribution in [2.45, 2.75) is 25.2 Å². The van der Waals surface area contributed by atoms with Gasteiger partial charge in [-0.25, -0.2) is 0 Å². The summed E-state index contributed by atoms with van der Waals surface area (Å²) in [6.07, 6.45) is 1.44. The maximum absolute atomic E-state index is 12.3. The van der Waals surface area contributed by atoms with Crippen molar-refractivity contribution in [3.8, 4) is 0 Å². The minimum absolute atomic E-state index is 0.0185. The van der Waals surface area contributed by atoms with Crippen LogP contribution in [0.1, 0.15) is 33.7 Å². The zero-order chi connectivity index (χ0) is 19.2. The summed E-state index contributed by atoms with van der Waals surface area (Å²) >= 11 is 7.15. The predicted molar refractivity (Wildman–Crippen MR) is 102 cm³/mol. The van der Waals surface area contributed by atoms with Gasteiger partial charge in [0.1, 0.15) is 0 Å². The van der Waals surface area contributed by atoms with Crippen molar-refractivity contribution in [2.24, 2.45) is 0 Å². The highest BCUT2D eigenvalue weighted by atomic mass is 35.5. The van der Waals surface area contributed by atoms with E-state index in [0.29, 0.717) is 28.1 Å². The zero-order valence-corrected chi connectivity index (χ0v) is 16.1. The van der Waals surface area contributed by atoms with Gasteiger partial charge in [-0.1, -0.05) is 23.4 Å². The van der Waals surface area contributed by atoms with Gasteiger partial charge in [0.05, 0.1) is 18.6 Å². The van der Waals surface area contributed by atoms with Crippen molar-refractivity contribution in [1.82, 2.24) is 20.1 Å². The lowest BCUT2D eigenvalue weighted by atomic mass is 10.1. The molecular formula is C18H17ClN4O3S. The molecular weight excluding hydrogens is 388 g/mol. The minimum Gasteiger partial charge on any atom is -0.459 e. The van der Waals surface area contributed by atoms with Gasteiger partial charge in [-0.05, 0) is 43.3 Å². The number of carbonyl (C=O) groups is 2. The number of ketones is 1. The first-order chi connectivity index (χ1) is 13.1. The van der Waals surface area contributed by atoms with Gasteiger partial charge in [0, 0.05) is 17.1 Å². The molecule has 0 saturated heterocycles. The van der Waals surface area contributed by atoms with Gasteiger partial charge in [0.2, 0.25) is 0 Å². The number of rotatable bonds is 8. The Kier molecular flexibility index (Phi) is 6.31. The van der Waals surface area contributed by atoms with Gasteiger partial charge in [-0.15, -0.1) is 10.2 Å². The summed E-state index contributed by atoms with van der Waals surface area (Å²) in [5.74, 6) is 0.741. The molecule has 0 aliphatic heterocycles. The van der Waals surface area contributed by atoms with Crippen LogP contribution < -0.4 is 5.32 Å². The van der Waals surface area contributed by atoms with Crippen LogP contribution in [-0.4, -0.2) is 32.2 Å². The van der Waals surface area contributed by atoms with Crippen molar-refractivity contribution in [3.05, 3.63) is 64.8 Å². The first kappa shape index (κ1) is 19.2. The second-order valence-corrected chi connectivity index (χ2v) is 6.90. The van der Waals surface area contributed by atoms with Crippen LogP contribution in [0, 0.1) is 0 Å². The van der Waals surface area contributed by atoms with E-state index in [9.17, 15) is 9.59 Å². The maximum atomic E-state index is 12.3. The minimum atomic E-state index is -0.322. The number of Topliss-reactive ketones (excluding diaryl/α,β-unsaturated/α-hetero) is 1. The Bertz CT molecular complexity index is 923. The second kappa shape index (κ2) is 8.88. The molecule has 0 radical (unpaired) electrons. The third-order valence-electron chi connectivity index (χ3n) is 3.76. The number of halogens is 1. The van der Waals surface area contributed by atoms with Crippen LogP contribution in [0.5, 0.6) is 0 Å². The van der Waals surface area contributed by atoms with Crippen molar-refractivity contribution >= 4 is 35.1 Å². The lowest BCUT2D eigenvalue weighted by Crippen LogP contribution is -2.24. The second-order valence-electron chi connectivity index (χ2n) is 5.52. The molecule has 0 unspecified atom stereocenters. The average Bonchev–Trinajstić information content (AvgIpc) is 3.34.